The molecule has 0 radical (unpaired) electrons. The first kappa shape index (κ1) is 11.8. The van der Waals surface area contributed by atoms with E-state index in [4.69, 9.17) is 14.3 Å². The fourth-order valence-electron chi connectivity index (χ4n) is 2.14. The van der Waals surface area contributed by atoms with Gasteiger partial charge in [0.2, 0.25) is 5.76 Å². The molecule has 19 heavy (non-hydrogen) atoms. The van der Waals surface area contributed by atoms with Crippen LogP contribution in [0.4, 0.5) is 0 Å². The van der Waals surface area contributed by atoms with Gasteiger partial charge in [-0.2, -0.15) is 0 Å². The van der Waals surface area contributed by atoms with E-state index in [9.17, 15) is 4.79 Å². The van der Waals surface area contributed by atoms with Crippen molar-refractivity contribution in [2.75, 3.05) is 6.61 Å². The number of carbonyl (C=O) groups is 1. The number of benzene rings is 1. The summed E-state index contributed by atoms with van der Waals surface area (Å²) in [5.41, 5.74) is 1.12. The van der Waals surface area contributed by atoms with Crippen molar-refractivity contribution in [2.24, 2.45) is 0 Å². The van der Waals surface area contributed by atoms with Gasteiger partial charge < -0.3 is 14.3 Å². The van der Waals surface area contributed by atoms with E-state index in [0.717, 1.165) is 11.3 Å². The molecule has 1 atom stereocenters. The van der Waals surface area contributed by atoms with Crippen LogP contribution in [0, 0.1) is 0 Å². The van der Waals surface area contributed by atoms with Crippen molar-refractivity contribution in [3.8, 4) is 5.75 Å². The average Bonchev–Trinajstić information content (AvgIpc) is 3.03. The van der Waals surface area contributed by atoms with Crippen LogP contribution in [0.3, 0.4) is 0 Å². The Balaban J connectivity index is 1.65. The molecule has 2 aromatic rings. The molecule has 1 aromatic heterocycles. The Labute approximate surface area is 109 Å². The molecule has 2 heterocycles. The monoisotopic (exact) mass is 259 g/mol. The van der Waals surface area contributed by atoms with E-state index in [1.807, 2.05) is 24.3 Å². The van der Waals surface area contributed by atoms with Crippen LogP contribution in [-0.4, -0.2) is 17.7 Å². The molecule has 5 nitrogen and oxygen atoms in total. The maximum atomic E-state index is 10.7. The summed E-state index contributed by atoms with van der Waals surface area (Å²) in [4.78, 5) is 10.7. The average molecular weight is 259 g/mol. The van der Waals surface area contributed by atoms with Gasteiger partial charge in [0.1, 0.15) is 18.1 Å². The Kier molecular flexibility index (Phi) is 2.97. The van der Waals surface area contributed by atoms with Crippen LogP contribution in [0.25, 0.3) is 0 Å². The van der Waals surface area contributed by atoms with Crippen molar-refractivity contribution in [3.63, 3.8) is 0 Å². The van der Waals surface area contributed by atoms with Gasteiger partial charge in [0.25, 0.3) is 0 Å². The van der Waals surface area contributed by atoms with Crippen LogP contribution in [0.15, 0.2) is 40.8 Å². The van der Waals surface area contributed by atoms with E-state index in [-0.39, 0.29) is 11.8 Å². The van der Waals surface area contributed by atoms with Gasteiger partial charge in [-0.1, -0.05) is 18.2 Å². The minimum Gasteiger partial charge on any atom is -0.491 e. The van der Waals surface area contributed by atoms with Crippen molar-refractivity contribution in [1.29, 1.82) is 0 Å². The zero-order valence-corrected chi connectivity index (χ0v) is 10.1. The second-order valence-electron chi connectivity index (χ2n) is 4.35. The Morgan fingerprint density at radius 3 is 2.95 bits per heavy atom. The molecule has 0 saturated carbocycles. The number of fused-ring (bicyclic) bond motifs is 1. The molecule has 1 aliphatic heterocycles. The maximum Gasteiger partial charge on any atom is 0.371 e. The molecule has 0 amide bonds. The van der Waals surface area contributed by atoms with E-state index < -0.39 is 5.97 Å². The Morgan fingerprint density at radius 2 is 2.16 bits per heavy atom. The summed E-state index contributed by atoms with van der Waals surface area (Å²) in [6.45, 7) is 1.04. The van der Waals surface area contributed by atoms with Crippen LogP contribution >= 0.6 is 0 Å². The first-order valence-electron chi connectivity index (χ1n) is 6.01. The number of para-hydroxylation sites is 1. The molecule has 2 N–H and O–H groups in total. The number of rotatable bonds is 4. The number of hydrogen-bond acceptors (Lipinski definition) is 4. The second-order valence-corrected chi connectivity index (χ2v) is 4.35. The standard InChI is InChI=1S/C14H13NO4/c16-14(17)13-6-5-9(19-13)7-15-11-8-18-12-4-2-1-3-10(11)12/h1-6,11,15H,7-8H2,(H,16,17). The smallest absolute Gasteiger partial charge is 0.371 e. The fourth-order valence-corrected chi connectivity index (χ4v) is 2.14. The molecule has 3 rings (SSSR count). The topological polar surface area (TPSA) is 71.7 Å². The lowest BCUT2D eigenvalue weighted by atomic mass is 10.1. The summed E-state index contributed by atoms with van der Waals surface area (Å²) in [5.74, 6) is 0.396. The first-order chi connectivity index (χ1) is 9.24. The van der Waals surface area contributed by atoms with Crippen molar-refractivity contribution >= 4 is 5.97 Å². The quantitative estimate of drug-likeness (QED) is 0.880. The molecule has 0 fully saturated rings. The molecule has 0 aliphatic carbocycles. The summed E-state index contributed by atoms with van der Waals surface area (Å²) in [6, 6.07) is 11.1. The minimum atomic E-state index is -1.05. The summed E-state index contributed by atoms with van der Waals surface area (Å²) in [5, 5.41) is 12.1. The maximum absolute atomic E-state index is 10.7. The normalized spacial score (nSPS) is 16.9. The highest BCUT2D eigenvalue weighted by atomic mass is 16.5. The lowest BCUT2D eigenvalue weighted by molar-refractivity contribution is 0.0660. The number of hydrogen-bond donors (Lipinski definition) is 2. The van der Waals surface area contributed by atoms with Crippen molar-refractivity contribution in [2.45, 2.75) is 12.6 Å². The zero-order chi connectivity index (χ0) is 13.2. The Bertz CT molecular complexity index is 605. The van der Waals surface area contributed by atoms with Gasteiger partial charge in [0, 0.05) is 5.56 Å². The number of nitrogens with one attached hydrogen (secondary N) is 1. The van der Waals surface area contributed by atoms with Gasteiger partial charge in [-0.25, -0.2) is 4.79 Å². The number of ether oxygens (including phenoxy) is 1. The Morgan fingerprint density at radius 1 is 1.32 bits per heavy atom. The fraction of sp³-hybridized carbons (Fsp3) is 0.214. The van der Waals surface area contributed by atoms with Crippen molar-refractivity contribution in [3.05, 3.63) is 53.5 Å². The molecule has 0 bridgehead atoms. The van der Waals surface area contributed by atoms with E-state index in [1.165, 1.54) is 6.07 Å². The minimum absolute atomic E-state index is 0.0418. The van der Waals surface area contributed by atoms with Gasteiger partial charge in [0.05, 0.1) is 12.6 Å². The summed E-state index contributed by atoms with van der Waals surface area (Å²) in [6.07, 6.45) is 0. The zero-order valence-electron chi connectivity index (χ0n) is 10.1. The molecule has 1 aliphatic rings. The predicted molar refractivity (Wildman–Crippen MR) is 67.2 cm³/mol. The van der Waals surface area contributed by atoms with Crippen LogP contribution in [0.1, 0.15) is 27.9 Å². The summed E-state index contributed by atoms with van der Waals surface area (Å²) in [7, 11) is 0. The summed E-state index contributed by atoms with van der Waals surface area (Å²) < 4.78 is 10.7. The van der Waals surface area contributed by atoms with Crippen LogP contribution < -0.4 is 10.1 Å². The highest BCUT2D eigenvalue weighted by molar-refractivity contribution is 5.84. The third-order valence-electron chi connectivity index (χ3n) is 3.10. The third kappa shape index (κ3) is 2.32. The van der Waals surface area contributed by atoms with Gasteiger partial charge in [-0.05, 0) is 18.2 Å². The summed E-state index contributed by atoms with van der Waals surface area (Å²) >= 11 is 0. The lowest BCUT2D eigenvalue weighted by Crippen LogP contribution is -2.21. The highest BCUT2D eigenvalue weighted by Crippen LogP contribution is 2.31. The van der Waals surface area contributed by atoms with Gasteiger partial charge in [-0.15, -0.1) is 0 Å². The predicted octanol–water partition coefficient (Wildman–Crippen LogP) is 2.20. The van der Waals surface area contributed by atoms with Crippen molar-refractivity contribution < 1.29 is 19.1 Å². The van der Waals surface area contributed by atoms with E-state index in [1.54, 1.807) is 6.07 Å². The van der Waals surface area contributed by atoms with Gasteiger partial charge in [0.15, 0.2) is 0 Å². The van der Waals surface area contributed by atoms with Crippen LogP contribution in [0.2, 0.25) is 0 Å². The van der Waals surface area contributed by atoms with Crippen molar-refractivity contribution in [1.82, 2.24) is 5.32 Å². The number of furan rings is 1. The first-order valence-corrected chi connectivity index (χ1v) is 6.01. The van der Waals surface area contributed by atoms with Crippen LogP contribution in [-0.2, 0) is 6.54 Å². The van der Waals surface area contributed by atoms with Gasteiger partial charge in [-0.3, -0.25) is 5.32 Å². The molecule has 0 spiro atoms. The number of carboxylic acids is 1. The molecule has 0 saturated heterocycles. The second kappa shape index (κ2) is 4.78. The van der Waals surface area contributed by atoms with E-state index in [0.29, 0.717) is 18.9 Å². The molecule has 5 heteroatoms. The molecular weight excluding hydrogens is 246 g/mol. The largest absolute Gasteiger partial charge is 0.491 e. The molecular formula is C14H13NO4. The van der Waals surface area contributed by atoms with E-state index in [2.05, 4.69) is 5.32 Å². The number of aromatic carboxylic acids is 1. The van der Waals surface area contributed by atoms with E-state index >= 15 is 0 Å². The number of carboxylic acid groups (broad SMARTS) is 1. The molecule has 1 unspecified atom stereocenters. The SMILES string of the molecule is O=C(O)c1ccc(CNC2COc3ccccc32)o1. The molecule has 98 valence electrons. The van der Waals surface area contributed by atoms with Gasteiger partial charge >= 0.3 is 5.97 Å². The lowest BCUT2D eigenvalue weighted by Gasteiger charge is -2.09. The highest BCUT2D eigenvalue weighted by Gasteiger charge is 2.23. The molecule has 1 aromatic carbocycles. The Hall–Kier alpha value is -2.27. The van der Waals surface area contributed by atoms with Crippen LogP contribution in [0.5, 0.6) is 5.75 Å². The third-order valence-corrected chi connectivity index (χ3v) is 3.10.